The fraction of sp³-hybridized carbons (Fsp3) is 0.583. The first-order valence-electron chi connectivity index (χ1n) is 5.81. The van der Waals surface area contributed by atoms with E-state index in [1.54, 1.807) is 12.5 Å². The van der Waals surface area contributed by atoms with E-state index in [-0.39, 0.29) is 5.91 Å². The third-order valence-corrected chi connectivity index (χ3v) is 3.26. The summed E-state index contributed by atoms with van der Waals surface area (Å²) in [4.78, 5) is 15.8. The van der Waals surface area contributed by atoms with Crippen molar-refractivity contribution in [1.29, 1.82) is 5.26 Å². The number of nitrogens with zero attached hydrogens (tertiary/aromatic N) is 3. The number of nitriles is 1. The van der Waals surface area contributed by atoms with Crippen molar-refractivity contribution in [2.75, 3.05) is 6.54 Å². The van der Waals surface area contributed by atoms with Gasteiger partial charge in [0, 0.05) is 25.5 Å². The van der Waals surface area contributed by atoms with Gasteiger partial charge in [-0.3, -0.25) is 4.79 Å². The molecule has 0 atom stereocenters. The maximum atomic E-state index is 11.9. The zero-order valence-corrected chi connectivity index (χ0v) is 9.89. The molecule has 0 aliphatic heterocycles. The van der Waals surface area contributed by atoms with Crippen molar-refractivity contribution < 1.29 is 4.79 Å². The van der Waals surface area contributed by atoms with E-state index in [0.717, 1.165) is 0 Å². The van der Waals surface area contributed by atoms with Crippen LogP contribution in [0.1, 0.15) is 19.8 Å². The SMILES string of the molecule is CC1CC(C#N)(C(=O)NCCn2ccnc2)C1. The lowest BCUT2D eigenvalue weighted by Crippen LogP contribution is -2.48. The minimum atomic E-state index is -0.769. The molecule has 0 bridgehead atoms. The molecule has 0 spiro atoms. The second kappa shape index (κ2) is 4.58. The van der Waals surface area contributed by atoms with Gasteiger partial charge in [0.05, 0.1) is 12.4 Å². The van der Waals surface area contributed by atoms with Crippen LogP contribution in [0.4, 0.5) is 0 Å². The van der Waals surface area contributed by atoms with E-state index in [2.05, 4.69) is 23.3 Å². The Morgan fingerprint density at radius 3 is 3.00 bits per heavy atom. The summed E-state index contributed by atoms with van der Waals surface area (Å²) in [7, 11) is 0. The van der Waals surface area contributed by atoms with Crippen molar-refractivity contribution in [3.63, 3.8) is 0 Å². The molecule has 0 radical (unpaired) electrons. The van der Waals surface area contributed by atoms with Gasteiger partial charge < -0.3 is 9.88 Å². The molecule has 1 saturated carbocycles. The minimum Gasteiger partial charge on any atom is -0.353 e. The van der Waals surface area contributed by atoms with Crippen LogP contribution in [0, 0.1) is 22.7 Å². The quantitative estimate of drug-likeness (QED) is 0.839. The molecule has 0 unspecified atom stereocenters. The number of imidazole rings is 1. The number of hydrogen-bond acceptors (Lipinski definition) is 3. The third-order valence-electron chi connectivity index (χ3n) is 3.26. The monoisotopic (exact) mass is 232 g/mol. The molecule has 1 N–H and O–H groups in total. The van der Waals surface area contributed by atoms with Crippen molar-refractivity contribution in [3.05, 3.63) is 18.7 Å². The molecule has 1 amide bonds. The molecular weight excluding hydrogens is 216 g/mol. The van der Waals surface area contributed by atoms with Crippen LogP contribution in [0.15, 0.2) is 18.7 Å². The second-order valence-corrected chi connectivity index (χ2v) is 4.76. The number of amides is 1. The Bertz CT molecular complexity index is 426. The largest absolute Gasteiger partial charge is 0.353 e. The van der Waals surface area contributed by atoms with Crippen molar-refractivity contribution in [2.24, 2.45) is 11.3 Å². The van der Waals surface area contributed by atoms with Crippen LogP contribution < -0.4 is 5.32 Å². The summed E-state index contributed by atoms with van der Waals surface area (Å²) < 4.78 is 1.89. The lowest BCUT2D eigenvalue weighted by molar-refractivity contribution is -0.133. The second-order valence-electron chi connectivity index (χ2n) is 4.76. The predicted octanol–water partition coefficient (Wildman–Crippen LogP) is 0.939. The average molecular weight is 232 g/mol. The first-order valence-corrected chi connectivity index (χ1v) is 5.81. The van der Waals surface area contributed by atoms with Gasteiger partial charge in [0.15, 0.2) is 0 Å². The van der Waals surface area contributed by atoms with Gasteiger partial charge in [-0.05, 0) is 18.8 Å². The molecule has 1 aliphatic rings. The first-order chi connectivity index (χ1) is 8.16. The summed E-state index contributed by atoms with van der Waals surface area (Å²) in [5.74, 6) is 0.354. The Labute approximate surface area is 100 Å². The molecule has 0 saturated heterocycles. The fourth-order valence-corrected chi connectivity index (χ4v) is 2.34. The van der Waals surface area contributed by atoms with E-state index in [9.17, 15) is 4.79 Å². The zero-order valence-electron chi connectivity index (χ0n) is 9.89. The van der Waals surface area contributed by atoms with Crippen LogP contribution >= 0.6 is 0 Å². The van der Waals surface area contributed by atoms with Crippen LogP contribution in [0.2, 0.25) is 0 Å². The highest BCUT2D eigenvalue weighted by Crippen LogP contribution is 2.44. The van der Waals surface area contributed by atoms with Gasteiger partial charge in [-0.25, -0.2) is 4.98 Å². The molecule has 1 aromatic rings. The average Bonchev–Trinajstić information content (AvgIpc) is 2.77. The van der Waals surface area contributed by atoms with Gasteiger partial charge in [0.25, 0.3) is 0 Å². The molecule has 2 rings (SSSR count). The van der Waals surface area contributed by atoms with Gasteiger partial charge in [0.1, 0.15) is 5.41 Å². The van der Waals surface area contributed by atoms with Crippen LogP contribution in [0.5, 0.6) is 0 Å². The topological polar surface area (TPSA) is 70.7 Å². The number of carbonyl (C=O) groups is 1. The minimum absolute atomic E-state index is 0.127. The summed E-state index contributed by atoms with van der Waals surface area (Å²) in [6.07, 6.45) is 6.61. The molecule has 1 fully saturated rings. The number of hydrogen-bond donors (Lipinski definition) is 1. The van der Waals surface area contributed by atoms with Crippen LogP contribution in [0.3, 0.4) is 0 Å². The highest BCUT2D eigenvalue weighted by molar-refractivity contribution is 5.86. The zero-order chi connectivity index (χ0) is 12.3. The van der Waals surface area contributed by atoms with Crippen molar-refractivity contribution >= 4 is 5.91 Å². The Morgan fingerprint density at radius 1 is 1.71 bits per heavy atom. The van der Waals surface area contributed by atoms with E-state index >= 15 is 0 Å². The first kappa shape index (κ1) is 11.6. The highest BCUT2D eigenvalue weighted by atomic mass is 16.2. The van der Waals surface area contributed by atoms with E-state index < -0.39 is 5.41 Å². The molecule has 0 aromatic carbocycles. The van der Waals surface area contributed by atoms with Gasteiger partial charge in [0.2, 0.25) is 5.91 Å². The summed E-state index contributed by atoms with van der Waals surface area (Å²) in [6.45, 7) is 3.28. The van der Waals surface area contributed by atoms with E-state index in [1.807, 2.05) is 10.8 Å². The molecule has 1 aromatic heterocycles. The Kier molecular flexibility index (Phi) is 3.14. The summed E-state index contributed by atoms with van der Waals surface area (Å²) in [5.41, 5.74) is -0.769. The van der Waals surface area contributed by atoms with Crippen LogP contribution in [-0.4, -0.2) is 22.0 Å². The summed E-state index contributed by atoms with van der Waals surface area (Å²) in [5, 5.41) is 11.9. The Balaban J connectivity index is 1.80. The number of aromatic nitrogens is 2. The standard InChI is InChI=1S/C12H16N4O/c1-10-6-12(7-10,8-13)11(17)15-3-5-16-4-2-14-9-16/h2,4,9-10H,3,5-7H2,1H3,(H,15,17). The predicted molar refractivity (Wildman–Crippen MR) is 61.7 cm³/mol. The molecule has 5 heteroatoms. The van der Waals surface area contributed by atoms with Crippen molar-refractivity contribution in [3.8, 4) is 6.07 Å². The summed E-state index contributed by atoms with van der Waals surface area (Å²) >= 11 is 0. The van der Waals surface area contributed by atoms with E-state index in [0.29, 0.717) is 31.8 Å². The molecular formula is C12H16N4O. The Morgan fingerprint density at radius 2 is 2.47 bits per heavy atom. The number of rotatable bonds is 4. The lowest BCUT2D eigenvalue weighted by atomic mass is 9.63. The maximum Gasteiger partial charge on any atom is 0.240 e. The highest BCUT2D eigenvalue weighted by Gasteiger charge is 2.48. The van der Waals surface area contributed by atoms with Gasteiger partial charge in [-0.15, -0.1) is 0 Å². The smallest absolute Gasteiger partial charge is 0.240 e. The third kappa shape index (κ3) is 2.31. The lowest BCUT2D eigenvalue weighted by Gasteiger charge is -2.39. The normalized spacial score (nSPS) is 26.9. The van der Waals surface area contributed by atoms with Crippen molar-refractivity contribution in [1.82, 2.24) is 14.9 Å². The fourth-order valence-electron chi connectivity index (χ4n) is 2.34. The number of carbonyl (C=O) groups excluding carboxylic acids is 1. The molecule has 1 aliphatic carbocycles. The van der Waals surface area contributed by atoms with E-state index in [1.165, 1.54) is 0 Å². The molecule has 5 nitrogen and oxygen atoms in total. The van der Waals surface area contributed by atoms with Crippen LogP contribution in [0.25, 0.3) is 0 Å². The van der Waals surface area contributed by atoms with Crippen molar-refractivity contribution in [2.45, 2.75) is 26.3 Å². The van der Waals surface area contributed by atoms with Gasteiger partial charge >= 0.3 is 0 Å². The van der Waals surface area contributed by atoms with Crippen LogP contribution in [-0.2, 0) is 11.3 Å². The maximum absolute atomic E-state index is 11.9. The summed E-state index contributed by atoms with van der Waals surface area (Å²) in [6, 6.07) is 2.16. The molecule has 1 heterocycles. The van der Waals surface area contributed by atoms with Gasteiger partial charge in [-0.2, -0.15) is 5.26 Å². The Hall–Kier alpha value is -1.83. The molecule has 90 valence electrons. The molecule has 17 heavy (non-hydrogen) atoms. The number of nitrogens with one attached hydrogen (secondary N) is 1. The van der Waals surface area contributed by atoms with E-state index in [4.69, 9.17) is 5.26 Å². The van der Waals surface area contributed by atoms with Gasteiger partial charge in [-0.1, -0.05) is 6.92 Å².